The highest BCUT2D eigenvalue weighted by Gasteiger charge is 1.90. The Kier molecular flexibility index (Phi) is 3.26. The molecule has 0 bridgehead atoms. The van der Waals surface area contributed by atoms with Gasteiger partial charge in [-0.1, -0.05) is 0 Å². The first-order valence-corrected chi connectivity index (χ1v) is 1.88. The lowest BCUT2D eigenvalue weighted by Crippen LogP contribution is -2.29. The van der Waals surface area contributed by atoms with Gasteiger partial charge in [0.2, 0.25) is 0 Å². The molecule has 7 heavy (non-hydrogen) atoms. The predicted octanol–water partition coefficient (Wildman–Crippen LogP) is -1.29. The minimum atomic E-state index is -0.428. The van der Waals surface area contributed by atoms with Crippen molar-refractivity contribution in [2.75, 3.05) is 13.6 Å². The number of carbonyl (C=O) groups excluding carboxylic acids is 1. The Bertz CT molecular complexity index is 64.0. The molecular formula is C3H8N2O2. The number of hydrogen-bond donors (Lipinski definition) is 3. The summed E-state index contributed by atoms with van der Waals surface area (Å²) >= 11 is 0. The van der Waals surface area contributed by atoms with Gasteiger partial charge in [-0.15, -0.1) is 0 Å². The topological polar surface area (TPSA) is 61.4 Å². The Morgan fingerprint density at radius 3 is 2.57 bits per heavy atom. The highest BCUT2D eigenvalue weighted by molar-refractivity contribution is 5.76. The molecule has 0 heterocycles. The summed E-state index contributed by atoms with van der Waals surface area (Å²) in [6, 6.07) is 0. The van der Waals surface area contributed by atoms with Crippen LogP contribution in [0.4, 0.5) is 0 Å². The summed E-state index contributed by atoms with van der Waals surface area (Å²) in [4.78, 5) is 9.99. The van der Waals surface area contributed by atoms with Crippen molar-refractivity contribution in [1.82, 2.24) is 10.8 Å². The molecule has 0 aliphatic carbocycles. The molecule has 0 rings (SSSR count). The minimum Gasteiger partial charge on any atom is -0.311 e. The third-order valence-electron chi connectivity index (χ3n) is 0.462. The van der Waals surface area contributed by atoms with E-state index >= 15 is 0 Å². The van der Waals surface area contributed by atoms with Crippen molar-refractivity contribution in [2.24, 2.45) is 0 Å². The fourth-order valence-corrected chi connectivity index (χ4v) is 0.200. The zero-order valence-electron chi connectivity index (χ0n) is 4.06. The van der Waals surface area contributed by atoms with E-state index < -0.39 is 5.91 Å². The van der Waals surface area contributed by atoms with Gasteiger partial charge in [-0.25, -0.2) is 5.48 Å². The van der Waals surface area contributed by atoms with Crippen LogP contribution in [-0.4, -0.2) is 24.7 Å². The van der Waals surface area contributed by atoms with Gasteiger partial charge in [-0.2, -0.15) is 0 Å². The maximum atomic E-state index is 9.99. The third kappa shape index (κ3) is 3.21. The lowest BCUT2D eigenvalue weighted by atomic mass is 10.6. The number of rotatable bonds is 2. The molecule has 0 aliphatic heterocycles. The number of nitrogens with one attached hydrogen (secondary N) is 2. The summed E-state index contributed by atoms with van der Waals surface area (Å²) in [6.45, 7) is 0.149. The first-order valence-electron chi connectivity index (χ1n) is 1.88. The number of carbonyl (C=O) groups is 1. The third-order valence-corrected chi connectivity index (χ3v) is 0.462. The fourth-order valence-electron chi connectivity index (χ4n) is 0.200. The molecule has 0 spiro atoms. The largest absolute Gasteiger partial charge is 0.311 e. The molecular weight excluding hydrogens is 96.0 g/mol. The van der Waals surface area contributed by atoms with Crippen molar-refractivity contribution >= 4 is 5.91 Å². The van der Waals surface area contributed by atoms with Crippen LogP contribution >= 0.6 is 0 Å². The van der Waals surface area contributed by atoms with Gasteiger partial charge in [0.25, 0.3) is 5.91 Å². The minimum absolute atomic E-state index is 0.149. The first-order chi connectivity index (χ1) is 3.31. The molecule has 0 unspecified atom stereocenters. The van der Waals surface area contributed by atoms with Crippen molar-refractivity contribution in [3.8, 4) is 0 Å². The van der Waals surface area contributed by atoms with Crippen LogP contribution in [0.3, 0.4) is 0 Å². The Balaban J connectivity index is 3.00. The average Bonchev–Trinajstić information content (AvgIpc) is 1.68. The van der Waals surface area contributed by atoms with E-state index in [0.717, 1.165) is 0 Å². The smallest absolute Gasteiger partial charge is 0.257 e. The maximum Gasteiger partial charge on any atom is 0.257 e. The number of amides is 1. The summed E-state index contributed by atoms with van der Waals surface area (Å²) in [6.07, 6.45) is 0. The Morgan fingerprint density at radius 2 is 2.43 bits per heavy atom. The standard InChI is InChI=1S/C3H8N2O2/c1-4-2-3(6)5-7/h4,7H,2H2,1H3,(H,5,6). The molecule has 42 valence electrons. The number of hydrogen-bond acceptors (Lipinski definition) is 3. The summed E-state index contributed by atoms with van der Waals surface area (Å²) < 4.78 is 0. The monoisotopic (exact) mass is 104 g/mol. The van der Waals surface area contributed by atoms with Gasteiger partial charge < -0.3 is 5.32 Å². The molecule has 3 N–H and O–H groups in total. The van der Waals surface area contributed by atoms with Crippen molar-refractivity contribution in [1.29, 1.82) is 0 Å². The normalized spacial score (nSPS) is 8.29. The average molecular weight is 104 g/mol. The van der Waals surface area contributed by atoms with Gasteiger partial charge in [0, 0.05) is 0 Å². The van der Waals surface area contributed by atoms with E-state index in [1.807, 2.05) is 0 Å². The Hall–Kier alpha value is -0.610. The highest BCUT2D eigenvalue weighted by Crippen LogP contribution is 1.52. The zero-order valence-corrected chi connectivity index (χ0v) is 4.06. The maximum absolute atomic E-state index is 9.99. The van der Waals surface area contributed by atoms with Gasteiger partial charge in [0.1, 0.15) is 0 Å². The van der Waals surface area contributed by atoms with Crippen LogP contribution in [0.5, 0.6) is 0 Å². The second kappa shape index (κ2) is 3.58. The molecule has 0 aliphatic rings. The van der Waals surface area contributed by atoms with Gasteiger partial charge in [0.05, 0.1) is 6.54 Å². The molecule has 1 amide bonds. The van der Waals surface area contributed by atoms with E-state index in [0.29, 0.717) is 0 Å². The molecule has 0 aromatic carbocycles. The summed E-state index contributed by atoms with van der Waals surface area (Å²) in [5, 5.41) is 10.4. The van der Waals surface area contributed by atoms with E-state index in [1.54, 1.807) is 7.05 Å². The van der Waals surface area contributed by atoms with Crippen molar-refractivity contribution in [2.45, 2.75) is 0 Å². The summed E-state index contributed by atoms with van der Waals surface area (Å²) in [5.74, 6) is -0.428. The Labute approximate surface area is 41.5 Å². The molecule has 0 radical (unpaired) electrons. The van der Waals surface area contributed by atoms with E-state index in [-0.39, 0.29) is 6.54 Å². The molecule has 4 heteroatoms. The molecule has 0 aromatic heterocycles. The lowest BCUT2D eigenvalue weighted by Gasteiger charge is -1.92. The van der Waals surface area contributed by atoms with Gasteiger partial charge in [-0.3, -0.25) is 10.0 Å². The van der Waals surface area contributed by atoms with Crippen LogP contribution in [-0.2, 0) is 4.79 Å². The highest BCUT2D eigenvalue weighted by atomic mass is 16.5. The van der Waals surface area contributed by atoms with Gasteiger partial charge in [0.15, 0.2) is 0 Å². The van der Waals surface area contributed by atoms with Gasteiger partial charge >= 0.3 is 0 Å². The zero-order chi connectivity index (χ0) is 5.70. The fraction of sp³-hybridized carbons (Fsp3) is 0.667. The molecule has 0 aromatic rings. The van der Waals surface area contributed by atoms with Crippen LogP contribution in [0.25, 0.3) is 0 Å². The second-order valence-electron chi connectivity index (χ2n) is 1.07. The molecule has 0 atom stereocenters. The number of hydroxylamine groups is 1. The van der Waals surface area contributed by atoms with Gasteiger partial charge in [-0.05, 0) is 7.05 Å². The summed E-state index contributed by atoms with van der Waals surface area (Å²) in [5.41, 5.74) is 1.46. The van der Waals surface area contributed by atoms with E-state index in [9.17, 15) is 4.79 Å². The SMILES string of the molecule is CNCC(=O)NO. The first kappa shape index (κ1) is 6.39. The number of likely N-dealkylation sites (N-methyl/N-ethyl adjacent to an activating group) is 1. The van der Waals surface area contributed by atoms with Crippen LogP contribution < -0.4 is 10.8 Å². The van der Waals surface area contributed by atoms with Crippen LogP contribution in [0.15, 0.2) is 0 Å². The van der Waals surface area contributed by atoms with Crippen molar-refractivity contribution in [3.63, 3.8) is 0 Å². The van der Waals surface area contributed by atoms with E-state index in [1.165, 1.54) is 5.48 Å². The molecule has 4 nitrogen and oxygen atoms in total. The second-order valence-corrected chi connectivity index (χ2v) is 1.07. The van der Waals surface area contributed by atoms with Crippen LogP contribution in [0, 0.1) is 0 Å². The van der Waals surface area contributed by atoms with E-state index in [2.05, 4.69) is 5.32 Å². The summed E-state index contributed by atoms with van der Waals surface area (Å²) in [7, 11) is 1.62. The molecule has 0 saturated carbocycles. The van der Waals surface area contributed by atoms with Crippen LogP contribution in [0.1, 0.15) is 0 Å². The quantitative estimate of drug-likeness (QED) is 0.302. The molecule has 0 fully saturated rings. The Morgan fingerprint density at radius 1 is 1.86 bits per heavy atom. The lowest BCUT2D eigenvalue weighted by molar-refractivity contribution is -0.128. The van der Waals surface area contributed by atoms with E-state index in [4.69, 9.17) is 5.21 Å². The van der Waals surface area contributed by atoms with Crippen molar-refractivity contribution in [3.05, 3.63) is 0 Å². The molecule has 0 saturated heterocycles. The van der Waals surface area contributed by atoms with Crippen LogP contribution in [0.2, 0.25) is 0 Å². The van der Waals surface area contributed by atoms with Crippen molar-refractivity contribution < 1.29 is 10.0 Å². The predicted molar refractivity (Wildman–Crippen MR) is 23.9 cm³/mol.